The number of rotatable bonds is 4. The van der Waals surface area contributed by atoms with Crippen LogP contribution in [0.4, 0.5) is 0 Å². The van der Waals surface area contributed by atoms with Gasteiger partial charge in [0.1, 0.15) is 11.5 Å². The highest BCUT2D eigenvalue weighted by molar-refractivity contribution is 7.97. The van der Waals surface area contributed by atoms with Gasteiger partial charge in [0.05, 0.1) is 10.9 Å². The highest BCUT2D eigenvalue weighted by Crippen LogP contribution is 2.35. The van der Waals surface area contributed by atoms with Crippen LogP contribution >= 0.6 is 11.3 Å². The van der Waals surface area contributed by atoms with Gasteiger partial charge in [-0.3, -0.25) is 4.79 Å². The molecule has 5 heteroatoms. The molecular formula is C28H23O3S2+. The largest absolute Gasteiger partial charge is 0.508 e. The van der Waals surface area contributed by atoms with Crippen LogP contribution in [0.1, 0.15) is 25.3 Å². The lowest BCUT2D eigenvalue weighted by atomic mass is 10.0. The van der Waals surface area contributed by atoms with Gasteiger partial charge in [-0.25, -0.2) is 0 Å². The van der Waals surface area contributed by atoms with Crippen molar-refractivity contribution in [1.82, 2.24) is 0 Å². The van der Waals surface area contributed by atoms with Crippen LogP contribution in [0.15, 0.2) is 104 Å². The molecule has 0 aliphatic rings. The van der Waals surface area contributed by atoms with E-state index in [0.717, 1.165) is 40.4 Å². The summed E-state index contributed by atoms with van der Waals surface area (Å²) >= 11 is 1.64. The maximum atomic E-state index is 13.5. The number of phenolic OH excluding ortho intramolecular Hbond substituents is 2. The van der Waals surface area contributed by atoms with Crippen LogP contribution in [0.3, 0.4) is 0 Å². The summed E-state index contributed by atoms with van der Waals surface area (Å²) < 4.78 is 1.97. The molecule has 2 N–H and O–H groups in total. The lowest BCUT2D eigenvalue weighted by Crippen LogP contribution is -2.07. The van der Waals surface area contributed by atoms with Crippen LogP contribution in [0.25, 0.3) is 20.2 Å². The lowest BCUT2D eigenvalue weighted by Gasteiger charge is -2.10. The second kappa shape index (κ2) is 8.58. The van der Waals surface area contributed by atoms with Gasteiger partial charge in [0.15, 0.2) is 20.1 Å². The van der Waals surface area contributed by atoms with E-state index in [1.165, 1.54) is 0 Å². The molecule has 0 fully saturated rings. The van der Waals surface area contributed by atoms with Crippen molar-refractivity contribution in [1.29, 1.82) is 0 Å². The summed E-state index contributed by atoms with van der Waals surface area (Å²) in [4.78, 5) is 16.6. The van der Waals surface area contributed by atoms with Gasteiger partial charge in [-0.05, 0) is 84.3 Å². The van der Waals surface area contributed by atoms with Crippen molar-refractivity contribution in [3.05, 3.63) is 101 Å². The van der Waals surface area contributed by atoms with Crippen molar-refractivity contribution in [2.24, 2.45) is 0 Å². The van der Waals surface area contributed by atoms with Gasteiger partial charge in [-0.1, -0.05) is 19.9 Å². The molecule has 0 aliphatic heterocycles. The summed E-state index contributed by atoms with van der Waals surface area (Å²) in [5.74, 6) is 0.779. The zero-order chi connectivity index (χ0) is 23.1. The first-order valence-corrected chi connectivity index (χ1v) is 12.8. The SMILES string of the molecule is CC(C)c1ccc2sc3ccc([S+](c4ccc(O)cc4)c4ccc(O)cc4)cc3c(=O)c2c1. The summed E-state index contributed by atoms with van der Waals surface area (Å²) in [6, 6.07) is 26.7. The molecule has 164 valence electrons. The molecule has 0 spiro atoms. The monoisotopic (exact) mass is 471 g/mol. The summed E-state index contributed by atoms with van der Waals surface area (Å²) in [5, 5.41) is 21.1. The molecule has 0 saturated carbocycles. The van der Waals surface area contributed by atoms with Crippen LogP contribution < -0.4 is 5.43 Å². The Bertz CT molecular complexity index is 1470. The number of aromatic hydroxyl groups is 2. The van der Waals surface area contributed by atoms with E-state index in [0.29, 0.717) is 5.92 Å². The normalized spacial score (nSPS) is 11.6. The van der Waals surface area contributed by atoms with E-state index in [9.17, 15) is 15.0 Å². The maximum absolute atomic E-state index is 13.5. The standard InChI is InChI=1S/C28H22O3S2/c1-17(2)18-3-13-26-24(15-18)28(31)25-16-23(12-14-27(25)32-26)33(21-8-4-19(29)5-9-21)22-10-6-20(30)7-11-22/h3-17H,1-2H3,(H-,29,30)/p+1. The summed E-state index contributed by atoms with van der Waals surface area (Å²) in [6.07, 6.45) is 0. The molecule has 0 amide bonds. The molecule has 4 aromatic carbocycles. The maximum Gasteiger partial charge on any atom is 0.196 e. The Morgan fingerprint density at radius 1 is 0.667 bits per heavy atom. The van der Waals surface area contributed by atoms with Crippen LogP contribution in [-0.2, 0) is 10.9 Å². The summed E-state index contributed by atoms with van der Waals surface area (Å²) in [7, 11) is -0.497. The summed E-state index contributed by atoms with van der Waals surface area (Å²) in [5.41, 5.74) is 1.22. The number of hydrogen-bond donors (Lipinski definition) is 2. The van der Waals surface area contributed by atoms with Crippen LogP contribution in [0, 0.1) is 0 Å². The van der Waals surface area contributed by atoms with Crippen molar-refractivity contribution in [3.8, 4) is 11.5 Å². The number of fused-ring (bicyclic) bond motifs is 2. The Hall–Kier alpha value is -3.28. The van der Waals surface area contributed by atoms with Crippen molar-refractivity contribution in [2.75, 3.05) is 0 Å². The third kappa shape index (κ3) is 4.10. The topological polar surface area (TPSA) is 57.5 Å². The van der Waals surface area contributed by atoms with Crippen molar-refractivity contribution >= 4 is 42.4 Å². The Kier molecular flexibility index (Phi) is 5.60. The molecule has 1 heterocycles. The van der Waals surface area contributed by atoms with E-state index in [1.807, 2.05) is 42.5 Å². The minimum absolute atomic E-state index is 0.0584. The smallest absolute Gasteiger partial charge is 0.196 e. The van der Waals surface area contributed by atoms with E-state index < -0.39 is 10.9 Å². The predicted molar refractivity (Wildman–Crippen MR) is 138 cm³/mol. The first-order chi connectivity index (χ1) is 15.9. The van der Waals surface area contributed by atoms with E-state index >= 15 is 0 Å². The molecule has 0 aliphatic carbocycles. The molecule has 0 atom stereocenters. The van der Waals surface area contributed by atoms with Crippen LogP contribution in [-0.4, -0.2) is 10.2 Å². The van der Waals surface area contributed by atoms with E-state index in [4.69, 9.17) is 0 Å². The molecule has 0 saturated heterocycles. The van der Waals surface area contributed by atoms with Crippen LogP contribution in [0.2, 0.25) is 0 Å². The van der Waals surface area contributed by atoms with Crippen molar-refractivity contribution in [2.45, 2.75) is 34.5 Å². The highest BCUT2D eigenvalue weighted by Gasteiger charge is 2.29. The van der Waals surface area contributed by atoms with Gasteiger partial charge >= 0.3 is 0 Å². The second-order valence-electron chi connectivity index (χ2n) is 8.29. The Balaban J connectivity index is 1.73. The van der Waals surface area contributed by atoms with E-state index in [2.05, 4.69) is 32.0 Å². The van der Waals surface area contributed by atoms with E-state index in [-0.39, 0.29) is 16.9 Å². The minimum Gasteiger partial charge on any atom is -0.508 e. The first-order valence-electron chi connectivity index (χ1n) is 10.7. The van der Waals surface area contributed by atoms with Gasteiger partial charge in [-0.15, -0.1) is 11.3 Å². The number of phenols is 2. The molecular weight excluding hydrogens is 448 g/mol. The molecule has 3 nitrogen and oxygen atoms in total. The predicted octanol–water partition coefficient (Wildman–Crippen LogP) is 7.04. The summed E-state index contributed by atoms with van der Waals surface area (Å²) in [6.45, 7) is 4.27. The van der Waals surface area contributed by atoms with Gasteiger partial charge in [0, 0.05) is 26.2 Å². The molecule has 33 heavy (non-hydrogen) atoms. The third-order valence-corrected chi connectivity index (χ3v) is 9.08. The van der Waals surface area contributed by atoms with Gasteiger partial charge < -0.3 is 10.2 Å². The Morgan fingerprint density at radius 3 is 1.70 bits per heavy atom. The molecule has 1 aromatic heterocycles. The third-order valence-electron chi connectivity index (χ3n) is 5.71. The van der Waals surface area contributed by atoms with Gasteiger partial charge in [0.25, 0.3) is 0 Å². The molecule has 0 radical (unpaired) electrons. The molecule has 5 aromatic rings. The van der Waals surface area contributed by atoms with Gasteiger partial charge in [-0.2, -0.15) is 0 Å². The van der Waals surface area contributed by atoms with Gasteiger partial charge in [0.2, 0.25) is 0 Å². The molecule has 0 bridgehead atoms. The Labute approximate surface area is 198 Å². The zero-order valence-corrected chi connectivity index (χ0v) is 19.9. The average molecular weight is 472 g/mol. The van der Waals surface area contributed by atoms with E-state index in [1.54, 1.807) is 35.6 Å². The highest BCUT2D eigenvalue weighted by atomic mass is 32.2. The Morgan fingerprint density at radius 2 is 1.15 bits per heavy atom. The second-order valence-corrected chi connectivity index (χ2v) is 11.4. The number of benzene rings is 4. The van der Waals surface area contributed by atoms with Crippen molar-refractivity contribution < 1.29 is 10.2 Å². The average Bonchev–Trinajstić information content (AvgIpc) is 2.82. The quantitative estimate of drug-likeness (QED) is 0.218. The lowest BCUT2D eigenvalue weighted by molar-refractivity contribution is 0.474. The number of hydrogen-bond acceptors (Lipinski definition) is 4. The fourth-order valence-corrected chi connectivity index (χ4v) is 7.02. The molecule has 5 rings (SSSR count). The van der Waals surface area contributed by atoms with Crippen molar-refractivity contribution in [3.63, 3.8) is 0 Å². The fraction of sp³-hybridized carbons (Fsp3) is 0.107. The fourth-order valence-electron chi connectivity index (χ4n) is 3.91. The van der Waals surface area contributed by atoms with Crippen LogP contribution in [0.5, 0.6) is 11.5 Å². The zero-order valence-electron chi connectivity index (χ0n) is 18.3. The first kappa shape index (κ1) is 21.6. The minimum atomic E-state index is -0.497. The molecule has 0 unspecified atom stereocenters.